The van der Waals surface area contributed by atoms with E-state index in [4.69, 9.17) is 4.74 Å². The Labute approximate surface area is 108 Å². The van der Waals surface area contributed by atoms with Gasteiger partial charge in [-0.2, -0.15) is 0 Å². The first-order valence-corrected chi connectivity index (χ1v) is 6.71. The number of nitrogens with one attached hydrogen (secondary N) is 1. The highest BCUT2D eigenvalue weighted by atomic mass is 16.5. The lowest BCUT2D eigenvalue weighted by molar-refractivity contribution is -0.139. The molecule has 1 N–H and O–H groups in total. The highest BCUT2D eigenvalue weighted by molar-refractivity contribution is 6.05. The van der Waals surface area contributed by atoms with Crippen molar-refractivity contribution in [2.45, 2.75) is 57.7 Å². The number of carbonyl (C=O) groups is 2. The minimum atomic E-state index is -0.377. The first-order valence-electron chi connectivity index (χ1n) is 6.71. The van der Waals surface area contributed by atoms with Crippen molar-refractivity contribution in [3.63, 3.8) is 0 Å². The molecule has 102 valence electrons. The summed E-state index contributed by atoms with van der Waals surface area (Å²) in [7, 11) is 0. The van der Waals surface area contributed by atoms with Crippen LogP contribution in [-0.4, -0.2) is 47.6 Å². The fourth-order valence-electron chi connectivity index (χ4n) is 2.68. The lowest BCUT2D eigenvalue weighted by atomic mass is 9.93. The highest BCUT2D eigenvalue weighted by Crippen LogP contribution is 2.27. The maximum Gasteiger partial charge on any atom is 0.246 e. The van der Waals surface area contributed by atoms with Gasteiger partial charge in [0.1, 0.15) is 0 Å². The van der Waals surface area contributed by atoms with Gasteiger partial charge in [0.25, 0.3) is 0 Å². The molecule has 2 aliphatic heterocycles. The molecule has 5 nitrogen and oxygen atoms in total. The summed E-state index contributed by atoms with van der Waals surface area (Å²) in [5.41, 5.74) is -0.206. The second-order valence-corrected chi connectivity index (χ2v) is 5.47. The standard InChI is InChI=1S/C13H22N2O3/c1-4-6-15-11(16)8-10(12(15)17)14-13(3)5-7-18-9(13)2/h9-10,14H,4-8H2,1-3H3. The van der Waals surface area contributed by atoms with Crippen molar-refractivity contribution in [1.82, 2.24) is 10.2 Å². The molecular formula is C13H22N2O3. The molecule has 2 rings (SSSR count). The van der Waals surface area contributed by atoms with Crippen LogP contribution in [0.2, 0.25) is 0 Å². The summed E-state index contributed by atoms with van der Waals surface area (Å²) in [6, 6.07) is -0.377. The summed E-state index contributed by atoms with van der Waals surface area (Å²) in [6.07, 6.45) is 2.03. The Hall–Kier alpha value is -0.940. The molecule has 5 heteroatoms. The quantitative estimate of drug-likeness (QED) is 0.750. The smallest absolute Gasteiger partial charge is 0.246 e. The molecule has 2 fully saturated rings. The van der Waals surface area contributed by atoms with Gasteiger partial charge in [-0.15, -0.1) is 0 Å². The predicted octanol–water partition coefficient (Wildman–Crippen LogP) is 0.681. The topological polar surface area (TPSA) is 58.6 Å². The molecule has 0 saturated carbocycles. The number of rotatable bonds is 4. The summed E-state index contributed by atoms with van der Waals surface area (Å²) in [5.74, 6) is -0.142. The second-order valence-electron chi connectivity index (χ2n) is 5.47. The third-order valence-corrected chi connectivity index (χ3v) is 4.08. The fourth-order valence-corrected chi connectivity index (χ4v) is 2.68. The van der Waals surface area contributed by atoms with Crippen molar-refractivity contribution in [1.29, 1.82) is 0 Å². The van der Waals surface area contributed by atoms with Crippen LogP contribution in [0.1, 0.15) is 40.0 Å². The Morgan fingerprint density at radius 1 is 1.50 bits per heavy atom. The van der Waals surface area contributed by atoms with Crippen LogP contribution in [0.3, 0.4) is 0 Å². The summed E-state index contributed by atoms with van der Waals surface area (Å²) in [6.45, 7) is 7.27. The fraction of sp³-hybridized carbons (Fsp3) is 0.846. The predicted molar refractivity (Wildman–Crippen MR) is 67.0 cm³/mol. The van der Waals surface area contributed by atoms with Gasteiger partial charge in [-0.05, 0) is 26.7 Å². The Bertz CT molecular complexity index is 358. The van der Waals surface area contributed by atoms with Gasteiger partial charge in [-0.1, -0.05) is 6.92 Å². The summed E-state index contributed by atoms with van der Waals surface area (Å²) >= 11 is 0. The molecule has 0 aliphatic carbocycles. The van der Waals surface area contributed by atoms with Crippen LogP contribution < -0.4 is 5.32 Å². The SMILES string of the molecule is CCCN1C(=O)CC(NC2(C)CCOC2C)C1=O. The average molecular weight is 254 g/mol. The monoisotopic (exact) mass is 254 g/mol. The largest absolute Gasteiger partial charge is 0.377 e. The number of amides is 2. The molecule has 0 spiro atoms. The highest BCUT2D eigenvalue weighted by Gasteiger charge is 2.45. The zero-order valence-electron chi connectivity index (χ0n) is 11.4. The molecule has 18 heavy (non-hydrogen) atoms. The van der Waals surface area contributed by atoms with Gasteiger partial charge in [0.05, 0.1) is 18.6 Å². The molecule has 0 aromatic heterocycles. The summed E-state index contributed by atoms with van der Waals surface area (Å²) in [4.78, 5) is 25.3. The van der Waals surface area contributed by atoms with E-state index < -0.39 is 0 Å². The van der Waals surface area contributed by atoms with Crippen molar-refractivity contribution in [3.8, 4) is 0 Å². The third-order valence-electron chi connectivity index (χ3n) is 4.08. The van der Waals surface area contributed by atoms with Gasteiger partial charge < -0.3 is 4.74 Å². The molecule has 2 aliphatic rings. The van der Waals surface area contributed by atoms with Crippen molar-refractivity contribution in [3.05, 3.63) is 0 Å². The number of hydrogen-bond donors (Lipinski definition) is 1. The van der Waals surface area contributed by atoms with E-state index in [1.807, 2.05) is 13.8 Å². The lowest BCUT2D eigenvalue weighted by Gasteiger charge is -2.31. The van der Waals surface area contributed by atoms with E-state index in [0.717, 1.165) is 12.8 Å². The lowest BCUT2D eigenvalue weighted by Crippen LogP contribution is -2.54. The van der Waals surface area contributed by atoms with E-state index in [2.05, 4.69) is 12.2 Å². The number of likely N-dealkylation sites (tertiary alicyclic amines) is 1. The van der Waals surface area contributed by atoms with Crippen LogP contribution in [0.15, 0.2) is 0 Å². The van der Waals surface area contributed by atoms with Crippen LogP contribution in [-0.2, 0) is 14.3 Å². The number of imide groups is 1. The Kier molecular flexibility index (Phi) is 3.73. The molecule has 2 heterocycles. The summed E-state index contributed by atoms with van der Waals surface area (Å²) < 4.78 is 5.54. The van der Waals surface area contributed by atoms with E-state index in [0.29, 0.717) is 13.2 Å². The Morgan fingerprint density at radius 2 is 2.22 bits per heavy atom. The molecule has 3 atom stereocenters. The van der Waals surface area contributed by atoms with Crippen molar-refractivity contribution < 1.29 is 14.3 Å². The van der Waals surface area contributed by atoms with Crippen LogP contribution >= 0.6 is 0 Å². The summed E-state index contributed by atoms with van der Waals surface area (Å²) in [5, 5.41) is 3.34. The molecule has 0 bridgehead atoms. The normalized spacial score (nSPS) is 36.7. The average Bonchev–Trinajstić information content (AvgIpc) is 2.76. The van der Waals surface area contributed by atoms with Crippen molar-refractivity contribution in [2.24, 2.45) is 0 Å². The van der Waals surface area contributed by atoms with Gasteiger partial charge in [-0.25, -0.2) is 0 Å². The first-order chi connectivity index (χ1) is 8.48. The Balaban J connectivity index is 2.03. The van der Waals surface area contributed by atoms with Crippen molar-refractivity contribution >= 4 is 11.8 Å². The van der Waals surface area contributed by atoms with E-state index in [1.165, 1.54) is 4.90 Å². The van der Waals surface area contributed by atoms with E-state index in [1.54, 1.807) is 0 Å². The van der Waals surface area contributed by atoms with Gasteiger partial charge in [0, 0.05) is 18.7 Å². The first kappa shape index (κ1) is 13.5. The van der Waals surface area contributed by atoms with E-state index in [-0.39, 0.29) is 35.9 Å². The minimum absolute atomic E-state index is 0.0606. The molecule has 2 amide bonds. The Morgan fingerprint density at radius 3 is 2.78 bits per heavy atom. The van der Waals surface area contributed by atoms with Gasteiger partial charge in [-0.3, -0.25) is 19.8 Å². The number of ether oxygens (including phenoxy) is 1. The number of nitrogens with zero attached hydrogens (tertiary/aromatic N) is 1. The van der Waals surface area contributed by atoms with Crippen LogP contribution in [0.25, 0.3) is 0 Å². The van der Waals surface area contributed by atoms with Crippen LogP contribution in [0.4, 0.5) is 0 Å². The van der Waals surface area contributed by atoms with Crippen LogP contribution in [0.5, 0.6) is 0 Å². The van der Waals surface area contributed by atoms with Gasteiger partial charge in [0.2, 0.25) is 11.8 Å². The maximum absolute atomic E-state index is 12.1. The third kappa shape index (κ3) is 2.29. The number of hydrogen-bond acceptors (Lipinski definition) is 4. The van der Waals surface area contributed by atoms with Gasteiger partial charge in [0.15, 0.2) is 0 Å². The van der Waals surface area contributed by atoms with Gasteiger partial charge >= 0.3 is 0 Å². The zero-order chi connectivity index (χ0) is 13.3. The second kappa shape index (κ2) is 4.97. The molecular weight excluding hydrogens is 232 g/mol. The van der Waals surface area contributed by atoms with E-state index >= 15 is 0 Å². The zero-order valence-corrected chi connectivity index (χ0v) is 11.4. The molecule has 2 saturated heterocycles. The minimum Gasteiger partial charge on any atom is -0.377 e. The van der Waals surface area contributed by atoms with Crippen molar-refractivity contribution in [2.75, 3.05) is 13.2 Å². The molecule has 0 radical (unpaired) electrons. The number of carbonyl (C=O) groups excluding carboxylic acids is 2. The molecule has 0 aromatic carbocycles. The molecule has 0 aromatic rings. The van der Waals surface area contributed by atoms with Crippen LogP contribution in [0, 0.1) is 0 Å². The maximum atomic E-state index is 12.1. The van der Waals surface area contributed by atoms with E-state index in [9.17, 15) is 9.59 Å². The molecule has 3 unspecified atom stereocenters.